The summed E-state index contributed by atoms with van der Waals surface area (Å²) >= 11 is 5.75. The zero-order chi connectivity index (χ0) is 19.7. The Balaban J connectivity index is 1.51. The topological polar surface area (TPSA) is 89.5 Å². The van der Waals surface area contributed by atoms with Crippen molar-refractivity contribution in [1.29, 1.82) is 5.41 Å². The van der Waals surface area contributed by atoms with Crippen LogP contribution in [0.3, 0.4) is 0 Å². The summed E-state index contributed by atoms with van der Waals surface area (Å²) < 4.78 is 18.2. The number of amidine groups is 1. The van der Waals surface area contributed by atoms with Gasteiger partial charge in [-0.05, 0) is 40.9 Å². The summed E-state index contributed by atoms with van der Waals surface area (Å²) in [5.74, 6) is -0.948. The van der Waals surface area contributed by atoms with E-state index in [2.05, 4.69) is 27.3 Å². The molecule has 1 aliphatic rings. The fourth-order valence-corrected chi connectivity index (χ4v) is 3.41. The molecule has 0 aliphatic carbocycles. The lowest BCUT2D eigenvalue weighted by atomic mass is 10.00. The monoisotopic (exact) mass is 401 g/mol. The molecule has 4 rings (SSSR count). The Labute approximate surface area is 165 Å². The first-order chi connectivity index (χ1) is 13.5. The van der Waals surface area contributed by atoms with Crippen molar-refractivity contribution >= 4 is 23.1 Å². The molecule has 0 bridgehead atoms. The van der Waals surface area contributed by atoms with Gasteiger partial charge >= 0.3 is 0 Å². The first kappa shape index (κ1) is 18.5. The number of hydrogen-bond donors (Lipinski definition) is 2. The van der Waals surface area contributed by atoms with Crippen molar-refractivity contribution in [2.45, 2.75) is 19.5 Å². The molecule has 0 fully saturated rings. The van der Waals surface area contributed by atoms with E-state index in [-0.39, 0.29) is 22.2 Å². The maximum atomic E-state index is 13.3. The van der Waals surface area contributed by atoms with Gasteiger partial charge in [-0.3, -0.25) is 15.5 Å². The van der Waals surface area contributed by atoms with E-state index in [1.165, 1.54) is 23.3 Å². The zero-order valence-corrected chi connectivity index (χ0v) is 15.5. The quantitative estimate of drug-likeness (QED) is 0.394. The van der Waals surface area contributed by atoms with E-state index in [1.54, 1.807) is 0 Å². The van der Waals surface area contributed by atoms with Crippen LogP contribution in [-0.4, -0.2) is 32.8 Å². The maximum Gasteiger partial charge on any atom is 0.182 e. The molecule has 0 atom stereocenters. The van der Waals surface area contributed by atoms with Gasteiger partial charge in [0, 0.05) is 19.6 Å². The van der Waals surface area contributed by atoms with Gasteiger partial charge in [-0.15, -0.1) is 0 Å². The molecule has 0 amide bonds. The molecule has 0 radical (unpaired) electrons. The summed E-state index contributed by atoms with van der Waals surface area (Å²) in [4.78, 5) is 2.18. The van der Waals surface area contributed by atoms with Gasteiger partial charge in [-0.1, -0.05) is 41.0 Å². The highest BCUT2D eigenvalue weighted by atomic mass is 35.5. The van der Waals surface area contributed by atoms with Crippen LogP contribution in [0.5, 0.6) is 0 Å². The lowest BCUT2D eigenvalue weighted by Gasteiger charge is -2.28. The average Bonchev–Trinajstić information content (AvgIpc) is 3.17. The second kappa shape index (κ2) is 7.67. The highest BCUT2D eigenvalue weighted by Crippen LogP contribution is 2.24. The second-order valence-electron chi connectivity index (χ2n) is 6.55. The van der Waals surface area contributed by atoms with Gasteiger partial charge in [0.2, 0.25) is 0 Å². The number of aromatic nitrogens is 2. The van der Waals surface area contributed by atoms with Crippen LogP contribution >= 0.6 is 11.6 Å². The number of anilines is 1. The van der Waals surface area contributed by atoms with E-state index in [0.717, 1.165) is 25.6 Å². The molecule has 2 aromatic carbocycles. The Morgan fingerprint density at radius 2 is 2.04 bits per heavy atom. The third-order valence-electron chi connectivity index (χ3n) is 4.72. The summed E-state index contributed by atoms with van der Waals surface area (Å²) in [6.07, 6.45) is 0.925. The Morgan fingerprint density at radius 3 is 2.82 bits per heavy atom. The molecule has 3 aromatic rings. The molecule has 0 saturated carbocycles. The molecule has 1 aliphatic heterocycles. The van der Waals surface area contributed by atoms with Crippen molar-refractivity contribution in [2.24, 2.45) is 0 Å². The summed E-state index contributed by atoms with van der Waals surface area (Å²) in [5, 5.41) is 26.7. The minimum Gasteiger partial charge on any atom is -0.293 e. The van der Waals surface area contributed by atoms with Crippen LogP contribution in [0.15, 0.2) is 47.1 Å². The van der Waals surface area contributed by atoms with Crippen LogP contribution in [0.25, 0.3) is 0 Å². The lowest BCUT2D eigenvalue weighted by Crippen LogP contribution is -2.32. The smallest absolute Gasteiger partial charge is 0.182 e. The Bertz CT molecular complexity index is 1030. The molecule has 0 spiro atoms. The second-order valence-corrected chi connectivity index (χ2v) is 6.95. The van der Waals surface area contributed by atoms with Gasteiger partial charge in [-0.25, -0.2) is 14.1 Å². The number of nitrogens with one attached hydrogen (secondary N) is 1. The summed E-state index contributed by atoms with van der Waals surface area (Å²) in [6.45, 7) is 2.02. The minimum atomic E-state index is -0.612. The van der Waals surface area contributed by atoms with Crippen LogP contribution in [0.4, 0.5) is 10.1 Å². The minimum absolute atomic E-state index is 0.113. The summed E-state index contributed by atoms with van der Waals surface area (Å²) in [7, 11) is 0. The number of hydrogen-bond acceptors (Lipinski definition) is 6. The Morgan fingerprint density at radius 1 is 1.25 bits per heavy atom. The molecular formula is C19H17ClFN5O2. The average molecular weight is 402 g/mol. The molecule has 144 valence electrons. The van der Waals surface area contributed by atoms with Gasteiger partial charge < -0.3 is 0 Å². The molecule has 2 N–H and O–H groups in total. The van der Waals surface area contributed by atoms with Gasteiger partial charge in [0.05, 0.1) is 10.7 Å². The SMILES string of the molecule is N=C(c1nonc1CN1CCc2ccccc2C1)N(O)c1ccc(F)c(Cl)c1. The van der Waals surface area contributed by atoms with Crippen LogP contribution in [0.1, 0.15) is 22.5 Å². The number of nitrogens with zero attached hydrogens (tertiary/aromatic N) is 4. The van der Waals surface area contributed by atoms with Crippen molar-refractivity contribution in [3.63, 3.8) is 0 Å². The van der Waals surface area contributed by atoms with Crippen molar-refractivity contribution in [2.75, 3.05) is 11.6 Å². The molecule has 9 heteroatoms. The highest BCUT2D eigenvalue weighted by Gasteiger charge is 2.24. The first-order valence-corrected chi connectivity index (χ1v) is 9.04. The molecule has 1 aromatic heterocycles. The first-order valence-electron chi connectivity index (χ1n) is 8.66. The van der Waals surface area contributed by atoms with Crippen molar-refractivity contribution in [3.05, 3.63) is 75.8 Å². The summed E-state index contributed by atoms with van der Waals surface area (Å²) in [6, 6.07) is 11.9. The summed E-state index contributed by atoms with van der Waals surface area (Å²) in [5.41, 5.74) is 3.28. The number of hydroxylamine groups is 1. The van der Waals surface area contributed by atoms with Gasteiger partial charge in [0.25, 0.3) is 0 Å². The largest absolute Gasteiger partial charge is 0.293 e. The van der Waals surface area contributed by atoms with Crippen molar-refractivity contribution < 1.29 is 14.2 Å². The molecular weight excluding hydrogens is 385 g/mol. The van der Waals surface area contributed by atoms with Crippen molar-refractivity contribution in [3.8, 4) is 0 Å². The van der Waals surface area contributed by atoms with E-state index >= 15 is 0 Å². The van der Waals surface area contributed by atoms with E-state index in [9.17, 15) is 9.60 Å². The van der Waals surface area contributed by atoms with E-state index < -0.39 is 5.82 Å². The predicted molar refractivity (Wildman–Crippen MR) is 101 cm³/mol. The Hall–Kier alpha value is -2.81. The fourth-order valence-electron chi connectivity index (χ4n) is 3.24. The standard InChI is InChI=1S/C19H17ClFN5O2/c20-15-9-14(5-6-16(15)21)26(27)19(22)18-17(23-28-24-18)11-25-8-7-12-3-1-2-4-13(12)10-25/h1-6,9,22,27H,7-8,10-11H2. The number of benzene rings is 2. The maximum absolute atomic E-state index is 13.3. The van der Waals surface area contributed by atoms with E-state index in [0.29, 0.717) is 17.3 Å². The van der Waals surface area contributed by atoms with Gasteiger partial charge in [0.1, 0.15) is 11.5 Å². The van der Waals surface area contributed by atoms with Crippen molar-refractivity contribution in [1.82, 2.24) is 15.2 Å². The number of rotatable bonds is 4. The van der Waals surface area contributed by atoms with Crippen LogP contribution < -0.4 is 5.06 Å². The molecule has 0 unspecified atom stereocenters. The van der Waals surface area contributed by atoms with E-state index in [4.69, 9.17) is 21.6 Å². The zero-order valence-electron chi connectivity index (χ0n) is 14.8. The number of halogens is 2. The third kappa shape index (κ3) is 3.62. The lowest BCUT2D eigenvalue weighted by molar-refractivity contribution is 0.233. The predicted octanol–water partition coefficient (Wildman–Crippen LogP) is 3.64. The van der Waals surface area contributed by atoms with Crippen LogP contribution in [-0.2, 0) is 19.5 Å². The van der Waals surface area contributed by atoms with Crippen LogP contribution in [0, 0.1) is 11.2 Å². The normalized spacial score (nSPS) is 14.0. The third-order valence-corrected chi connectivity index (χ3v) is 5.01. The Kier molecular flexibility index (Phi) is 5.08. The van der Waals surface area contributed by atoms with Crippen LogP contribution in [0.2, 0.25) is 5.02 Å². The molecule has 28 heavy (non-hydrogen) atoms. The van der Waals surface area contributed by atoms with E-state index in [1.807, 2.05) is 12.1 Å². The number of fused-ring (bicyclic) bond motifs is 1. The van der Waals surface area contributed by atoms with Gasteiger partial charge in [0.15, 0.2) is 11.5 Å². The highest BCUT2D eigenvalue weighted by molar-refractivity contribution is 6.31. The molecule has 0 saturated heterocycles. The fraction of sp³-hybridized carbons (Fsp3) is 0.211. The molecule has 7 nitrogen and oxygen atoms in total. The molecule has 2 heterocycles. The van der Waals surface area contributed by atoms with Gasteiger partial charge in [-0.2, -0.15) is 0 Å².